The summed E-state index contributed by atoms with van der Waals surface area (Å²) in [6.07, 6.45) is 4.51. The van der Waals surface area contributed by atoms with Gasteiger partial charge in [-0.05, 0) is 49.2 Å². The van der Waals surface area contributed by atoms with E-state index in [0.717, 1.165) is 24.0 Å². The normalized spacial score (nSPS) is 12.9. The number of carbonyl (C=O) groups is 1. The van der Waals surface area contributed by atoms with Crippen LogP contribution in [0.25, 0.3) is 27.1 Å². The quantitative estimate of drug-likeness (QED) is 0.133. The van der Waals surface area contributed by atoms with E-state index in [1.165, 1.54) is 30.6 Å². The Morgan fingerprint density at radius 2 is 1.91 bits per heavy atom. The van der Waals surface area contributed by atoms with Crippen molar-refractivity contribution >= 4 is 26.7 Å². The summed E-state index contributed by atoms with van der Waals surface area (Å²) < 4.78 is 66.2. The van der Waals surface area contributed by atoms with E-state index in [-0.39, 0.29) is 45.3 Å². The monoisotopic (exact) mass is 618 g/mol. The van der Waals surface area contributed by atoms with Crippen LogP contribution in [0.5, 0.6) is 11.5 Å². The van der Waals surface area contributed by atoms with Gasteiger partial charge in [0.2, 0.25) is 0 Å². The highest BCUT2D eigenvalue weighted by molar-refractivity contribution is 7.91. The lowest BCUT2D eigenvalue weighted by atomic mass is 9.88. The summed E-state index contributed by atoms with van der Waals surface area (Å²) in [6.45, 7) is 11.7. The Morgan fingerprint density at radius 3 is 2.64 bits per heavy atom. The zero-order valence-corrected chi connectivity index (χ0v) is 24.9. The molecule has 9 nitrogen and oxygen atoms in total. The molecule has 5 rings (SSSR count). The van der Waals surface area contributed by atoms with Gasteiger partial charge in [0.15, 0.2) is 21.4 Å². The van der Waals surface area contributed by atoms with Crippen LogP contribution in [-0.4, -0.2) is 42.2 Å². The summed E-state index contributed by atoms with van der Waals surface area (Å²) in [5.74, 6) is -2.35. The predicted molar refractivity (Wildman–Crippen MR) is 160 cm³/mol. The smallest absolute Gasteiger partial charge is 0.306 e. The number of hydrogen-bond donors (Lipinski definition) is 2. The molecule has 3 aromatic carbocycles. The highest BCUT2D eigenvalue weighted by Gasteiger charge is 2.38. The summed E-state index contributed by atoms with van der Waals surface area (Å²) in [6, 6.07) is 13.5. The first kappa shape index (κ1) is 30.4. The first-order chi connectivity index (χ1) is 20.9. The molecule has 2 N–H and O–H groups in total. The second-order valence-electron chi connectivity index (χ2n) is 10.3. The van der Waals surface area contributed by atoms with Gasteiger partial charge < -0.3 is 19.4 Å². The topological polar surface area (TPSA) is 118 Å². The van der Waals surface area contributed by atoms with Crippen molar-refractivity contribution in [2.24, 2.45) is 0 Å². The fraction of sp³-hybridized carbons (Fsp3) is 0.219. The van der Waals surface area contributed by atoms with Gasteiger partial charge >= 0.3 is 5.97 Å². The average Bonchev–Trinajstić information content (AvgIpc) is 3.67. The molecule has 1 atom stereocenters. The molecule has 0 spiro atoms. The van der Waals surface area contributed by atoms with Gasteiger partial charge in [-0.3, -0.25) is 9.64 Å². The largest absolute Gasteiger partial charge is 0.466 e. The lowest BCUT2D eigenvalue weighted by Gasteiger charge is -2.17. The summed E-state index contributed by atoms with van der Waals surface area (Å²) in [5, 5.41) is 0.255. The third-order valence-electron chi connectivity index (χ3n) is 7.24. The molecular formula is C32H28F2N4O5S. The Kier molecular flexibility index (Phi) is 8.25. The van der Waals surface area contributed by atoms with E-state index in [1.807, 2.05) is 12.1 Å². The lowest BCUT2D eigenvalue weighted by molar-refractivity contribution is -0.143. The number of fused-ring (bicyclic) bond motifs is 1. The number of hydrogen-bond acceptors (Lipinski definition) is 6. The third kappa shape index (κ3) is 5.91. The number of sulfone groups is 1. The van der Waals surface area contributed by atoms with E-state index in [2.05, 4.69) is 19.8 Å². The van der Waals surface area contributed by atoms with E-state index in [4.69, 9.17) is 16.0 Å². The number of aryl methyl sites for hydroxylation is 1. The SMILES string of the molecule is [C-]#[N+]C(C)(c1cccc(CCC(=O)OCC)c1)c1cnc(-c2cc(Oc3c(F)cc4[nH]ccc4c3S(C)(=O)=O)ccc2F)[nH]1. The maximum absolute atomic E-state index is 15.1. The van der Waals surface area contributed by atoms with Crippen LogP contribution >= 0.6 is 0 Å². The summed E-state index contributed by atoms with van der Waals surface area (Å²) >= 11 is 0. The first-order valence-corrected chi connectivity index (χ1v) is 15.5. The molecule has 2 heterocycles. The van der Waals surface area contributed by atoms with Crippen molar-refractivity contribution in [3.8, 4) is 22.9 Å². The van der Waals surface area contributed by atoms with Crippen LogP contribution in [0.3, 0.4) is 0 Å². The predicted octanol–water partition coefficient (Wildman–Crippen LogP) is 6.71. The number of rotatable bonds is 10. The van der Waals surface area contributed by atoms with Crippen molar-refractivity contribution in [1.29, 1.82) is 0 Å². The van der Waals surface area contributed by atoms with E-state index in [0.29, 0.717) is 24.3 Å². The minimum atomic E-state index is -3.93. The molecule has 226 valence electrons. The van der Waals surface area contributed by atoms with Crippen LogP contribution < -0.4 is 4.74 Å². The second-order valence-corrected chi connectivity index (χ2v) is 12.3. The molecule has 0 bridgehead atoms. The minimum absolute atomic E-state index is 0.0275. The number of H-pyrrole nitrogens is 2. The van der Waals surface area contributed by atoms with Crippen molar-refractivity contribution in [3.63, 3.8) is 0 Å². The molecule has 5 aromatic rings. The molecule has 12 heteroatoms. The van der Waals surface area contributed by atoms with Gasteiger partial charge in [-0.25, -0.2) is 28.8 Å². The maximum Gasteiger partial charge on any atom is 0.306 e. The van der Waals surface area contributed by atoms with Gasteiger partial charge in [-0.1, -0.05) is 18.2 Å². The molecule has 2 aromatic heterocycles. The average molecular weight is 619 g/mol. The number of ether oxygens (including phenoxy) is 2. The molecule has 0 aliphatic carbocycles. The maximum atomic E-state index is 15.1. The fourth-order valence-electron chi connectivity index (χ4n) is 4.95. The number of aromatic nitrogens is 3. The zero-order chi connectivity index (χ0) is 31.6. The van der Waals surface area contributed by atoms with Crippen molar-refractivity contribution in [2.75, 3.05) is 12.9 Å². The lowest BCUT2D eigenvalue weighted by Crippen LogP contribution is -2.19. The van der Waals surface area contributed by atoms with Gasteiger partial charge in [0.1, 0.15) is 28.0 Å². The van der Waals surface area contributed by atoms with Crippen LogP contribution in [0.15, 0.2) is 71.9 Å². The number of nitrogens with one attached hydrogen (secondary N) is 2. The molecule has 0 saturated heterocycles. The molecule has 0 amide bonds. The molecular weight excluding hydrogens is 590 g/mol. The number of aromatic amines is 2. The van der Waals surface area contributed by atoms with E-state index >= 15 is 8.78 Å². The van der Waals surface area contributed by atoms with Gasteiger partial charge in [0.25, 0.3) is 5.54 Å². The van der Waals surface area contributed by atoms with Gasteiger partial charge in [0.05, 0.1) is 18.4 Å². The molecule has 1 unspecified atom stereocenters. The molecule has 0 saturated carbocycles. The van der Waals surface area contributed by atoms with Gasteiger partial charge in [0, 0.05) is 48.3 Å². The van der Waals surface area contributed by atoms with E-state index < -0.39 is 32.8 Å². The number of carbonyl (C=O) groups excluding carboxylic acids is 1. The summed E-state index contributed by atoms with van der Waals surface area (Å²) in [5.41, 5.74) is 0.901. The highest BCUT2D eigenvalue weighted by Crippen LogP contribution is 2.39. The second kappa shape index (κ2) is 11.9. The van der Waals surface area contributed by atoms with Gasteiger partial charge in [-0.15, -0.1) is 0 Å². The van der Waals surface area contributed by atoms with Crippen LogP contribution in [0.2, 0.25) is 0 Å². The molecule has 0 aliphatic heterocycles. The number of imidazole rings is 1. The number of esters is 1. The molecule has 44 heavy (non-hydrogen) atoms. The molecule has 0 aliphatic rings. The first-order valence-electron chi connectivity index (χ1n) is 13.6. The number of benzene rings is 3. The van der Waals surface area contributed by atoms with Crippen LogP contribution in [0, 0.1) is 18.2 Å². The molecule has 0 fully saturated rings. The third-order valence-corrected chi connectivity index (χ3v) is 8.38. The summed E-state index contributed by atoms with van der Waals surface area (Å²) in [4.78, 5) is 25.5. The van der Waals surface area contributed by atoms with Crippen LogP contribution in [0.1, 0.15) is 37.1 Å². The van der Waals surface area contributed by atoms with Crippen LogP contribution in [0.4, 0.5) is 8.78 Å². The highest BCUT2D eigenvalue weighted by atomic mass is 32.2. The Hall–Kier alpha value is -5.02. The van der Waals surface area contributed by atoms with Crippen molar-refractivity contribution in [3.05, 3.63) is 107 Å². The molecule has 0 radical (unpaired) electrons. The minimum Gasteiger partial charge on any atom is -0.466 e. The Labute approximate surface area is 252 Å². The summed E-state index contributed by atoms with van der Waals surface area (Å²) in [7, 11) is -3.93. The standard InChI is InChI=1S/C32H28F2N4O5S/c1-5-42-28(39)12-9-19-7-6-8-20(15-19)32(2,35-3)27-18-37-31(38-27)23-16-21(10-11-24(23)33)43-29-25(34)17-26-22(13-14-36-26)30(29)44(4,40)41/h6-8,10-11,13-18,36H,5,9,12H2,1-2,4H3,(H,37,38). The number of nitrogens with zero attached hydrogens (tertiary/aromatic N) is 2. The Morgan fingerprint density at radius 1 is 1.11 bits per heavy atom. The van der Waals surface area contributed by atoms with Crippen molar-refractivity contribution in [1.82, 2.24) is 15.0 Å². The zero-order valence-electron chi connectivity index (χ0n) is 24.1. The van der Waals surface area contributed by atoms with Crippen LogP contribution in [-0.2, 0) is 31.3 Å². The number of halogens is 2. The van der Waals surface area contributed by atoms with E-state index in [1.54, 1.807) is 26.0 Å². The van der Waals surface area contributed by atoms with E-state index in [9.17, 15) is 13.2 Å². The van der Waals surface area contributed by atoms with Crippen molar-refractivity contribution < 1.29 is 31.5 Å². The Bertz CT molecular complexity index is 2030. The Balaban J connectivity index is 1.47. The van der Waals surface area contributed by atoms with Crippen molar-refractivity contribution in [2.45, 2.75) is 37.1 Å². The fourth-order valence-corrected chi connectivity index (χ4v) is 6.00. The van der Waals surface area contributed by atoms with Gasteiger partial charge in [-0.2, -0.15) is 0 Å².